The highest BCUT2D eigenvalue weighted by molar-refractivity contribution is 8.13. The first-order chi connectivity index (χ1) is 10.5. The second-order valence-corrected chi connectivity index (χ2v) is 6.32. The minimum Gasteiger partial charge on any atom is -0.467 e. The van der Waals surface area contributed by atoms with Crippen LogP contribution in [0.25, 0.3) is 0 Å². The molecule has 0 aliphatic rings. The maximum absolute atomic E-state index is 11.8. The fourth-order valence-electron chi connectivity index (χ4n) is 1.88. The van der Waals surface area contributed by atoms with Crippen LogP contribution in [0.3, 0.4) is 0 Å². The molecule has 0 spiro atoms. The monoisotopic (exact) mass is 331 g/mol. The predicted molar refractivity (Wildman–Crippen MR) is 89.7 cm³/mol. The molecular weight excluding hydrogens is 302 g/mol. The molecular formula is C16H29NO4S. The van der Waals surface area contributed by atoms with Crippen molar-refractivity contribution in [2.24, 2.45) is 0 Å². The van der Waals surface area contributed by atoms with E-state index in [-0.39, 0.29) is 16.8 Å². The van der Waals surface area contributed by atoms with Gasteiger partial charge in [-0.15, -0.1) is 0 Å². The molecule has 0 aromatic heterocycles. The predicted octanol–water partition coefficient (Wildman–Crippen LogP) is 3.06. The maximum atomic E-state index is 11.8. The highest BCUT2D eigenvalue weighted by Crippen LogP contribution is 2.12. The van der Waals surface area contributed by atoms with Gasteiger partial charge in [-0.1, -0.05) is 51.3 Å². The Balaban J connectivity index is 4.20. The van der Waals surface area contributed by atoms with Crippen LogP contribution >= 0.6 is 11.8 Å². The van der Waals surface area contributed by atoms with Crippen LogP contribution in [0.5, 0.6) is 0 Å². The normalized spacial score (nSPS) is 11.8. The summed E-state index contributed by atoms with van der Waals surface area (Å²) in [6.45, 7) is 4.15. The average molecular weight is 331 g/mol. The van der Waals surface area contributed by atoms with Gasteiger partial charge in [0.25, 0.3) is 0 Å². The number of methoxy groups -OCH3 is 1. The van der Waals surface area contributed by atoms with E-state index in [0.717, 1.165) is 50.3 Å². The number of nitrogens with one attached hydrogen (secondary N) is 1. The first-order valence-corrected chi connectivity index (χ1v) is 9.06. The molecule has 1 unspecified atom stereocenters. The van der Waals surface area contributed by atoms with Crippen molar-refractivity contribution in [3.05, 3.63) is 0 Å². The van der Waals surface area contributed by atoms with Crippen molar-refractivity contribution >= 4 is 28.8 Å². The average Bonchev–Trinajstić information content (AvgIpc) is 2.51. The van der Waals surface area contributed by atoms with Gasteiger partial charge in [-0.3, -0.25) is 9.59 Å². The van der Waals surface area contributed by atoms with Crippen LogP contribution < -0.4 is 5.32 Å². The molecule has 128 valence electrons. The third-order valence-electron chi connectivity index (χ3n) is 3.22. The van der Waals surface area contributed by atoms with Crippen LogP contribution in [-0.4, -0.2) is 35.9 Å². The molecule has 1 amide bonds. The zero-order chi connectivity index (χ0) is 16.8. The zero-order valence-corrected chi connectivity index (χ0v) is 14.8. The molecule has 0 aliphatic carbocycles. The minimum atomic E-state index is -0.751. The van der Waals surface area contributed by atoms with Gasteiger partial charge in [0, 0.05) is 18.6 Å². The Hall–Kier alpha value is -1.04. The van der Waals surface area contributed by atoms with Crippen LogP contribution in [0.4, 0.5) is 0 Å². The summed E-state index contributed by atoms with van der Waals surface area (Å²) < 4.78 is 4.69. The molecule has 0 bridgehead atoms. The van der Waals surface area contributed by atoms with Crippen molar-refractivity contribution in [1.29, 1.82) is 0 Å². The second-order valence-electron chi connectivity index (χ2n) is 5.24. The Kier molecular flexibility index (Phi) is 13.0. The van der Waals surface area contributed by atoms with E-state index >= 15 is 0 Å². The van der Waals surface area contributed by atoms with E-state index in [1.807, 2.05) is 0 Å². The summed E-state index contributed by atoms with van der Waals surface area (Å²) >= 11 is 1.09. The smallest absolute Gasteiger partial charge is 0.329 e. The number of thioether (sulfide) groups is 1. The van der Waals surface area contributed by atoms with Gasteiger partial charge in [0.15, 0.2) is 5.12 Å². The van der Waals surface area contributed by atoms with Crippen molar-refractivity contribution in [3.63, 3.8) is 0 Å². The van der Waals surface area contributed by atoms with E-state index in [1.165, 1.54) is 7.11 Å². The molecule has 0 aromatic rings. The van der Waals surface area contributed by atoms with Crippen molar-refractivity contribution in [3.8, 4) is 0 Å². The number of esters is 1. The molecule has 0 aliphatic heterocycles. The van der Waals surface area contributed by atoms with E-state index in [1.54, 1.807) is 0 Å². The zero-order valence-electron chi connectivity index (χ0n) is 14.0. The molecule has 0 saturated heterocycles. The second kappa shape index (κ2) is 13.6. The largest absolute Gasteiger partial charge is 0.467 e. The Morgan fingerprint density at radius 2 is 1.59 bits per heavy atom. The van der Waals surface area contributed by atoms with Gasteiger partial charge < -0.3 is 10.1 Å². The molecule has 1 atom stereocenters. The van der Waals surface area contributed by atoms with Crippen molar-refractivity contribution < 1.29 is 19.1 Å². The quantitative estimate of drug-likeness (QED) is 0.439. The molecule has 0 heterocycles. The van der Waals surface area contributed by atoms with Gasteiger partial charge in [-0.05, 0) is 12.8 Å². The lowest BCUT2D eigenvalue weighted by atomic mass is 10.2. The molecule has 0 fully saturated rings. The SMILES string of the molecule is CCCCCC(=O)NC(CSC(=O)CCCCC)C(=O)OC. The van der Waals surface area contributed by atoms with Gasteiger partial charge in [0.1, 0.15) is 6.04 Å². The Bertz CT molecular complexity index is 347. The number of hydrogen-bond acceptors (Lipinski definition) is 5. The molecule has 0 saturated carbocycles. The van der Waals surface area contributed by atoms with Crippen LogP contribution in [0, 0.1) is 0 Å². The first-order valence-electron chi connectivity index (χ1n) is 8.07. The van der Waals surface area contributed by atoms with E-state index < -0.39 is 12.0 Å². The Morgan fingerprint density at radius 3 is 2.14 bits per heavy atom. The molecule has 22 heavy (non-hydrogen) atoms. The van der Waals surface area contributed by atoms with Crippen molar-refractivity contribution in [2.45, 2.75) is 71.3 Å². The molecule has 1 N–H and O–H groups in total. The number of carbonyl (C=O) groups excluding carboxylic acids is 3. The molecule has 0 radical (unpaired) electrons. The van der Waals surface area contributed by atoms with Gasteiger partial charge in [0.2, 0.25) is 5.91 Å². The van der Waals surface area contributed by atoms with Crippen LogP contribution in [0.1, 0.15) is 65.2 Å². The van der Waals surface area contributed by atoms with Crippen LogP contribution in [0.2, 0.25) is 0 Å². The van der Waals surface area contributed by atoms with Gasteiger partial charge in [0.05, 0.1) is 7.11 Å². The topological polar surface area (TPSA) is 72.5 Å². The number of carbonyl (C=O) groups is 3. The van der Waals surface area contributed by atoms with Crippen LogP contribution in [0.15, 0.2) is 0 Å². The van der Waals surface area contributed by atoms with Crippen LogP contribution in [-0.2, 0) is 19.1 Å². The standard InChI is InChI=1S/C16H29NO4S/c1-4-6-8-10-14(18)17-13(16(20)21-3)12-22-15(19)11-9-7-5-2/h13H,4-12H2,1-3H3,(H,17,18). The van der Waals surface area contributed by atoms with Gasteiger partial charge in [-0.2, -0.15) is 0 Å². The number of amides is 1. The van der Waals surface area contributed by atoms with Gasteiger partial charge in [-0.25, -0.2) is 4.79 Å². The Morgan fingerprint density at radius 1 is 1.00 bits per heavy atom. The van der Waals surface area contributed by atoms with E-state index in [2.05, 4.69) is 19.2 Å². The summed E-state index contributed by atoms with van der Waals surface area (Å²) in [4.78, 5) is 35.2. The number of hydrogen-bond donors (Lipinski definition) is 1. The lowest BCUT2D eigenvalue weighted by molar-refractivity contribution is -0.144. The highest BCUT2D eigenvalue weighted by atomic mass is 32.2. The van der Waals surface area contributed by atoms with Gasteiger partial charge >= 0.3 is 5.97 Å². The number of ether oxygens (including phenoxy) is 1. The molecule has 0 rings (SSSR count). The summed E-state index contributed by atoms with van der Waals surface area (Å²) in [5.74, 6) is -0.433. The number of unbranched alkanes of at least 4 members (excludes halogenated alkanes) is 4. The lowest BCUT2D eigenvalue weighted by Gasteiger charge is -2.15. The number of rotatable bonds is 12. The minimum absolute atomic E-state index is 0.0579. The van der Waals surface area contributed by atoms with E-state index in [4.69, 9.17) is 4.74 Å². The lowest BCUT2D eigenvalue weighted by Crippen LogP contribution is -2.43. The first kappa shape index (κ1) is 21.0. The van der Waals surface area contributed by atoms with E-state index in [0.29, 0.717) is 12.8 Å². The van der Waals surface area contributed by atoms with E-state index in [9.17, 15) is 14.4 Å². The summed E-state index contributed by atoms with van der Waals surface area (Å²) in [5, 5.41) is 2.72. The summed E-state index contributed by atoms with van der Waals surface area (Å²) in [6, 6.07) is -0.751. The third-order valence-corrected chi connectivity index (χ3v) is 4.25. The highest BCUT2D eigenvalue weighted by Gasteiger charge is 2.22. The molecule has 0 aromatic carbocycles. The third kappa shape index (κ3) is 10.7. The summed E-state index contributed by atoms with van der Waals surface area (Å²) in [7, 11) is 1.28. The summed E-state index contributed by atoms with van der Waals surface area (Å²) in [6.07, 6.45) is 6.70. The van der Waals surface area contributed by atoms with Crippen molar-refractivity contribution in [1.82, 2.24) is 5.32 Å². The van der Waals surface area contributed by atoms with Crippen molar-refractivity contribution in [2.75, 3.05) is 12.9 Å². The molecule has 6 heteroatoms. The summed E-state index contributed by atoms with van der Waals surface area (Å²) in [5.41, 5.74) is 0. The fourth-order valence-corrected chi connectivity index (χ4v) is 2.74. The Labute approximate surface area is 137 Å². The fraction of sp³-hybridized carbons (Fsp3) is 0.812. The molecule has 5 nitrogen and oxygen atoms in total. The maximum Gasteiger partial charge on any atom is 0.329 e.